The second-order valence-electron chi connectivity index (χ2n) is 5.04. The summed E-state index contributed by atoms with van der Waals surface area (Å²) in [4.78, 5) is 25.9. The standard InChI is InChI=1S/C16H13BrN2O2/c1-19-14-5-2-9(6-10(14)7-15(19)20)16(21)12-8-11(18)3-4-13(12)17/h2-6,8H,7,18H2,1H3. The molecule has 0 bridgehead atoms. The average molecular weight is 345 g/mol. The summed E-state index contributed by atoms with van der Waals surface area (Å²) in [5.41, 5.74) is 9.11. The van der Waals surface area contributed by atoms with Crippen molar-refractivity contribution in [1.82, 2.24) is 0 Å². The molecular weight excluding hydrogens is 332 g/mol. The summed E-state index contributed by atoms with van der Waals surface area (Å²) in [6.07, 6.45) is 0.338. The van der Waals surface area contributed by atoms with E-state index in [1.807, 2.05) is 6.07 Å². The number of likely N-dealkylation sites (N-methyl/N-ethyl adjacent to an activating group) is 1. The Kier molecular flexibility index (Phi) is 3.29. The van der Waals surface area contributed by atoms with Crippen LogP contribution in [0.1, 0.15) is 21.5 Å². The molecule has 1 heterocycles. The fraction of sp³-hybridized carbons (Fsp3) is 0.125. The molecule has 0 saturated heterocycles. The van der Waals surface area contributed by atoms with Crippen LogP contribution in [-0.4, -0.2) is 18.7 Å². The number of carbonyl (C=O) groups excluding carboxylic acids is 2. The van der Waals surface area contributed by atoms with Gasteiger partial charge in [-0.15, -0.1) is 0 Å². The quantitative estimate of drug-likeness (QED) is 0.672. The van der Waals surface area contributed by atoms with Gasteiger partial charge in [0.2, 0.25) is 5.91 Å². The first-order valence-electron chi connectivity index (χ1n) is 6.46. The number of nitrogen functional groups attached to an aromatic ring is 1. The minimum atomic E-state index is -0.112. The van der Waals surface area contributed by atoms with E-state index in [1.165, 1.54) is 0 Å². The number of nitrogens with two attached hydrogens (primary N) is 1. The Labute approximate surface area is 130 Å². The molecule has 2 aromatic rings. The summed E-state index contributed by atoms with van der Waals surface area (Å²) in [6.45, 7) is 0. The maximum Gasteiger partial charge on any atom is 0.231 e. The first-order chi connectivity index (χ1) is 9.97. The van der Waals surface area contributed by atoms with Gasteiger partial charge in [-0.05, 0) is 42.0 Å². The number of halogens is 1. The van der Waals surface area contributed by atoms with Crippen molar-refractivity contribution in [1.29, 1.82) is 0 Å². The summed E-state index contributed by atoms with van der Waals surface area (Å²) in [5, 5.41) is 0. The van der Waals surface area contributed by atoms with E-state index in [9.17, 15) is 9.59 Å². The van der Waals surface area contributed by atoms with Gasteiger partial charge in [-0.1, -0.05) is 15.9 Å². The number of hydrogen-bond acceptors (Lipinski definition) is 3. The SMILES string of the molecule is CN1C(=O)Cc2cc(C(=O)c3cc(N)ccc3Br)ccc21. The van der Waals surface area contributed by atoms with Gasteiger partial charge >= 0.3 is 0 Å². The van der Waals surface area contributed by atoms with Gasteiger partial charge in [0, 0.05) is 34.0 Å². The Bertz CT molecular complexity index is 771. The predicted molar refractivity (Wildman–Crippen MR) is 85.5 cm³/mol. The van der Waals surface area contributed by atoms with Gasteiger partial charge in [-0.25, -0.2) is 0 Å². The Morgan fingerprint density at radius 2 is 2.00 bits per heavy atom. The second kappa shape index (κ2) is 5.00. The molecule has 0 aromatic heterocycles. The highest BCUT2D eigenvalue weighted by Crippen LogP contribution is 2.30. The van der Waals surface area contributed by atoms with Gasteiger partial charge in [0.1, 0.15) is 0 Å². The van der Waals surface area contributed by atoms with Gasteiger partial charge < -0.3 is 10.6 Å². The van der Waals surface area contributed by atoms with Crippen molar-refractivity contribution in [3.8, 4) is 0 Å². The van der Waals surface area contributed by atoms with E-state index in [4.69, 9.17) is 5.73 Å². The molecule has 21 heavy (non-hydrogen) atoms. The summed E-state index contributed by atoms with van der Waals surface area (Å²) >= 11 is 3.37. The fourth-order valence-corrected chi connectivity index (χ4v) is 2.91. The number of ketones is 1. The minimum Gasteiger partial charge on any atom is -0.399 e. The van der Waals surface area contributed by atoms with Crippen molar-refractivity contribution in [2.24, 2.45) is 0 Å². The summed E-state index contributed by atoms with van der Waals surface area (Å²) in [6, 6.07) is 10.5. The zero-order chi connectivity index (χ0) is 15.1. The molecule has 1 aliphatic rings. The maximum atomic E-state index is 12.6. The summed E-state index contributed by atoms with van der Waals surface area (Å²) < 4.78 is 0.704. The van der Waals surface area contributed by atoms with Crippen molar-refractivity contribution in [3.63, 3.8) is 0 Å². The largest absolute Gasteiger partial charge is 0.399 e. The van der Waals surface area contributed by atoms with Crippen LogP contribution in [0.4, 0.5) is 11.4 Å². The number of benzene rings is 2. The molecule has 0 fully saturated rings. The minimum absolute atomic E-state index is 0.0414. The van der Waals surface area contributed by atoms with Crippen molar-refractivity contribution in [2.45, 2.75) is 6.42 Å². The molecule has 0 saturated carbocycles. The first kappa shape index (κ1) is 13.8. The molecule has 0 unspecified atom stereocenters. The highest BCUT2D eigenvalue weighted by atomic mass is 79.9. The number of amides is 1. The van der Waals surface area contributed by atoms with Gasteiger partial charge in [-0.3, -0.25) is 9.59 Å². The smallest absolute Gasteiger partial charge is 0.231 e. The van der Waals surface area contributed by atoms with E-state index in [1.54, 1.807) is 42.3 Å². The number of fused-ring (bicyclic) bond motifs is 1. The number of rotatable bonds is 2. The van der Waals surface area contributed by atoms with Gasteiger partial charge in [-0.2, -0.15) is 0 Å². The molecule has 0 spiro atoms. The van der Waals surface area contributed by atoms with E-state index < -0.39 is 0 Å². The van der Waals surface area contributed by atoms with Crippen molar-refractivity contribution < 1.29 is 9.59 Å². The Hall–Kier alpha value is -2.14. The third-order valence-corrected chi connectivity index (χ3v) is 4.35. The van der Waals surface area contributed by atoms with Crippen LogP contribution in [0.5, 0.6) is 0 Å². The lowest BCUT2D eigenvalue weighted by atomic mass is 10.00. The topological polar surface area (TPSA) is 63.4 Å². The van der Waals surface area contributed by atoms with Crippen molar-refractivity contribution in [2.75, 3.05) is 17.7 Å². The van der Waals surface area contributed by atoms with Crippen LogP contribution in [0.2, 0.25) is 0 Å². The van der Waals surface area contributed by atoms with E-state index in [0.717, 1.165) is 11.3 Å². The number of nitrogens with zero attached hydrogens (tertiary/aromatic N) is 1. The Balaban J connectivity index is 2.02. The fourth-order valence-electron chi connectivity index (χ4n) is 2.48. The first-order valence-corrected chi connectivity index (χ1v) is 7.26. The molecule has 2 aromatic carbocycles. The molecular formula is C16H13BrN2O2. The normalized spacial score (nSPS) is 13.4. The molecule has 2 N–H and O–H groups in total. The zero-order valence-corrected chi connectivity index (χ0v) is 13.0. The molecule has 0 aliphatic carbocycles. The maximum absolute atomic E-state index is 12.6. The van der Waals surface area contributed by atoms with Gasteiger partial charge in [0.25, 0.3) is 0 Å². The van der Waals surface area contributed by atoms with Crippen LogP contribution < -0.4 is 10.6 Å². The summed E-state index contributed by atoms with van der Waals surface area (Å²) in [5.74, 6) is -0.0706. The van der Waals surface area contributed by atoms with E-state index in [-0.39, 0.29) is 11.7 Å². The van der Waals surface area contributed by atoms with E-state index in [2.05, 4.69) is 15.9 Å². The third kappa shape index (κ3) is 2.34. The lowest BCUT2D eigenvalue weighted by Crippen LogP contribution is -2.20. The zero-order valence-electron chi connectivity index (χ0n) is 11.4. The molecule has 1 aliphatic heterocycles. The monoisotopic (exact) mass is 344 g/mol. The number of hydrogen-bond donors (Lipinski definition) is 1. The van der Waals surface area contributed by atoms with Crippen LogP contribution in [0, 0.1) is 0 Å². The molecule has 0 radical (unpaired) electrons. The summed E-state index contributed by atoms with van der Waals surface area (Å²) in [7, 11) is 1.74. The van der Waals surface area contributed by atoms with E-state index in [0.29, 0.717) is 27.7 Å². The van der Waals surface area contributed by atoms with Crippen LogP contribution in [0.3, 0.4) is 0 Å². The molecule has 1 amide bonds. The molecule has 3 rings (SSSR count). The van der Waals surface area contributed by atoms with E-state index >= 15 is 0 Å². The number of anilines is 2. The van der Waals surface area contributed by atoms with Crippen molar-refractivity contribution in [3.05, 3.63) is 57.6 Å². The third-order valence-electron chi connectivity index (χ3n) is 3.65. The van der Waals surface area contributed by atoms with Crippen LogP contribution >= 0.6 is 15.9 Å². The predicted octanol–water partition coefficient (Wildman–Crippen LogP) is 2.78. The van der Waals surface area contributed by atoms with Crippen molar-refractivity contribution >= 4 is 39.0 Å². The lowest BCUT2D eigenvalue weighted by Gasteiger charge is -2.11. The Morgan fingerprint density at radius 1 is 1.24 bits per heavy atom. The molecule has 5 heteroatoms. The average Bonchev–Trinajstić information content (AvgIpc) is 2.75. The van der Waals surface area contributed by atoms with Crippen LogP contribution in [-0.2, 0) is 11.2 Å². The van der Waals surface area contributed by atoms with Gasteiger partial charge in [0.05, 0.1) is 6.42 Å². The van der Waals surface area contributed by atoms with Gasteiger partial charge in [0.15, 0.2) is 5.78 Å². The molecule has 106 valence electrons. The number of carbonyl (C=O) groups is 2. The van der Waals surface area contributed by atoms with Crippen LogP contribution in [0.15, 0.2) is 40.9 Å². The highest BCUT2D eigenvalue weighted by molar-refractivity contribution is 9.10. The molecule has 0 atom stereocenters. The second-order valence-corrected chi connectivity index (χ2v) is 5.90. The van der Waals surface area contributed by atoms with Crippen LogP contribution in [0.25, 0.3) is 0 Å². The highest BCUT2D eigenvalue weighted by Gasteiger charge is 2.25. The lowest BCUT2D eigenvalue weighted by molar-refractivity contribution is -0.117. The Morgan fingerprint density at radius 3 is 2.76 bits per heavy atom. The molecule has 4 nitrogen and oxygen atoms in total.